The second kappa shape index (κ2) is 9.60. The van der Waals surface area contributed by atoms with Crippen molar-refractivity contribution >= 4 is 22.9 Å². The van der Waals surface area contributed by atoms with Crippen molar-refractivity contribution in [3.8, 4) is 11.1 Å². The fourth-order valence-corrected chi connectivity index (χ4v) is 5.47. The van der Waals surface area contributed by atoms with Gasteiger partial charge in [-0.15, -0.1) is 0 Å². The fraction of sp³-hybridized carbons (Fsp3) is 0.480. The number of fused-ring (bicyclic) bond motifs is 1. The van der Waals surface area contributed by atoms with E-state index in [1.165, 1.54) is 25.9 Å². The number of piperazine rings is 1. The molecule has 0 atom stereocenters. The Morgan fingerprint density at radius 2 is 1.74 bits per heavy atom. The van der Waals surface area contributed by atoms with Crippen LogP contribution in [-0.4, -0.2) is 74.8 Å². The number of nitrogens with zero attached hydrogens (tertiary/aromatic N) is 5. The SMILES string of the molecule is CN1CCN(C2CCC(n3cc(-c4ccc(CNC(=O)O)cc4)c4c(N)ncnc43)CC2)CC1. The van der Waals surface area contributed by atoms with Gasteiger partial charge in [-0.05, 0) is 43.9 Å². The molecule has 180 valence electrons. The molecule has 4 N–H and O–H groups in total. The summed E-state index contributed by atoms with van der Waals surface area (Å²) >= 11 is 0. The minimum absolute atomic E-state index is 0.277. The van der Waals surface area contributed by atoms with Gasteiger partial charge in [-0.1, -0.05) is 24.3 Å². The minimum atomic E-state index is -1.03. The molecule has 2 aliphatic rings. The van der Waals surface area contributed by atoms with Crippen LogP contribution in [0, 0.1) is 0 Å². The highest BCUT2D eigenvalue weighted by Gasteiger charge is 2.29. The van der Waals surface area contributed by atoms with Gasteiger partial charge in [0.1, 0.15) is 17.8 Å². The van der Waals surface area contributed by atoms with Crippen LogP contribution in [0.4, 0.5) is 10.6 Å². The number of rotatable bonds is 5. The first kappa shape index (κ1) is 22.6. The van der Waals surface area contributed by atoms with Crippen molar-refractivity contribution in [3.63, 3.8) is 0 Å². The van der Waals surface area contributed by atoms with Crippen LogP contribution in [0.25, 0.3) is 22.2 Å². The van der Waals surface area contributed by atoms with Crippen molar-refractivity contribution in [1.29, 1.82) is 0 Å². The summed E-state index contributed by atoms with van der Waals surface area (Å²) in [6.45, 7) is 4.94. The normalized spacial score (nSPS) is 22.1. The van der Waals surface area contributed by atoms with Crippen LogP contribution in [0.2, 0.25) is 0 Å². The van der Waals surface area contributed by atoms with E-state index in [2.05, 4.69) is 42.9 Å². The Hall–Kier alpha value is -3.17. The van der Waals surface area contributed by atoms with Crippen LogP contribution < -0.4 is 11.1 Å². The number of anilines is 1. The third-order valence-corrected chi connectivity index (χ3v) is 7.46. The molecule has 1 aromatic carbocycles. The number of aromatic nitrogens is 3. The molecule has 0 spiro atoms. The predicted molar refractivity (Wildman–Crippen MR) is 133 cm³/mol. The van der Waals surface area contributed by atoms with E-state index in [1.807, 2.05) is 24.3 Å². The average molecular weight is 464 g/mol. The molecule has 3 aromatic rings. The van der Waals surface area contributed by atoms with E-state index in [4.69, 9.17) is 10.8 Å². The molecule has 1 aliphatic heterocycles. The summed E-state index contributed by atoms with van der Waals surface area (Å²) in [6.07, 6.45) is 7.37. The quantitative estimate of drug-likeness (QED) is 0.533. The molecular weight excluding hydrogens is 430 g/mol. The molecule has 9 nitrogen and oxygen atoms in total. The van der Waals surface area contributed by atoms with Gasteiger partial charge in [0.05, 0.1) is 5.39 Å². The van der Waals surface area contributed by atoms with Crippen LogP contribution in [-0.2, 0) is 6.54 Å². The maximum Gasteiger partial charge on any atom is 0.404 e. The zero-order chi connectivity index (χ0) is 23.7. The van der Waals surface area contributed by atoms with Crippen LogP contribution in [0.15, 0.2) is 36.8 Å². The standard InChI is InChI=1S/C25H33N7O2/c1-30-10-12-31(13-11-30)19-6-8-20(9-7-19)32-15-21(22-23(26)28-16-29-24(22)32)18-4-2-17(3-5-18)14-27-25(33)34/h2-5,15-16,19-20,27H,6-14H2,1H3,(H,33,34)(H2,26,28,29). The van der Waals surface area contributed by atoms with Crippen LogP contribution in [0.1, 0.15) is 37.3 Å². The van der Waals surface area contributed by atoms with Gasteiger partial charge < -0.3 is 25.6 Å². The third kappa shape index (κ3) is 4.58. The first-order valence-corrected chi connectivity index (χ1v) is 12.1. The number of hydrogen-bond acceptors (Lipinski definition) is 6. The fourth-order valence-electron chi connectivity index (χ4n) is 5.47. The van der Waals surface area contributed by atoms with E-state index in [1.54, 1.807) is 6.33 Å². The molecule has 34 heavy (non-hydrogen) atoms. The Labute approximate surface area is 199 Å². The highest BCUT2D eigenvalue weighted by molar-refractivity contribution is 6.00. The number of hydrogen-bond donors (Lipinski definition) is 3. The maximum absolute atomic E-state index is 10.8. The zero-order valence-corrected chi connectivity index (χ0v) is 19.7. The summed E-state index contributed by atoms with van der Waals surface area (Å²) in [4.78, 5) is 24.8. The van der Waals surface area contributed by atoms with Crippen molar-refractivity contribution in [1.82, 2.24) is 29.7 Å². The number of likely N-dealkylation sites (N-methyl/N-ethyl adjacent to an activating group) is 1. The highest BCUT2D eigenvalue weighted by Crippen LogP contribution is 2.39. The number of nitrogen functional groups attached to an aromatic ring is 1. The largest absolute Gasteiger partial charge is 0.465 e. The third-order valence-electron chi connectivity index (χ3n) is 7.46. The molecule has 1 saturated heterocycles. The Morgan fingerprint density at radius 3 is 2.41 bits per heavy atom. The Kier molecular flexibility index (Phi) is 6.38. The Bertz CT molecular complexity index is 1140. The van der Waals surface area contributed by atoms with Gasteiger partial charge >= 0.3 is 6.09 Å². The van der Waals surface area contributed by atoms with E-state index in [0.29, 0.717) is 17.9 Å². The van der Waals surface area contributed by atoms with E-state index in [0.717, 1.165) is 53.7 Å². The summed E-state index contributed by atoms with van der Waals surface area (Å²) in [5, 5.41) is 12.1. The van der Waals surface area contributed by atoms with Crippen molar-refractivity contribution in [2.75, 3.05) is 39.0 Å². The van der Waals surface area contributed by atoms with Crippen molar-refractivity contribution in [2.45, 2.75) is 44.3 Å². The van der Waals surface area contributed by atoms with Crippen molar-refractivity contribution < 1.29 is 9.90 Å². The lowest BCUT2D eigenvalue weighted by atomic mass is 9.89. The van der Waals surface area contributed by atoms with E-state index >= 15 is 0 Å². The number of carboxylic acid groups (broad SMARTS) is 1. The first-order valence-electron chi connectivity index (χ1n) is 12.1. The Morgan fingerprint density at radius 1 is 1.06 bits per heavy atom. The summed E-state index contributed by atoms with van der Waals surface area (Å²) in [7, 11) is 2.21. The minimum Gasteiger partial charge on any atom is -0.465 e. The number of amides is 1. The summed E-state index contributed by atoms with van der Waals surface area (Å²) < 4.78 is 2.31. The molecule has 1 amide bonds. The maximum atomic E-state index is 10.8. The topological polar surface area (TPSA) is 113 Å². The van der Waals surface area contributed by atoms with E-state index in [-0.39, 0.29) is 6.54 Å². The lowest BCUT2D eigenvalue weighted by Gasteiger charge is -2.41. The van der Waals surface area contributed by atoms with Gasteiger partial charge in [0, 0.05) is 56.6 Å². The molecular formula is C25H33N7O2. The highest BCUT2D eigenvalue weighted by atomic mass is 16.4. The van der Waals surface area contributed by atoms with Gasteiger partial charge in [-0.25, -0.2) is 14.8 Å². The molecule has 2 fully saturated rings. The van der Waals surface area contributed by atoms with E-state index in [9.17, 15) is 4.79 Å². The van der Waals surface area contributed by atoms with Crippen LogP contribution >= 0.6 is 0 Å². The lowest BCUT2D eigenvalue weighted by molar-refractivity contribution is 0.0828. The van der Waals surface area contributed by atoms with Gasteiger partial charge in [0.2, 0.25) is 0 Å². The number of nitrogens with two attached hydrogens (primary N) is 1. The van der Waals surface area contributed by atoms with Crippen LogP contribution in [0.3, 0.4) is 0 Å². The molecule has 0 unspecified atom stereocenters. The molecule has 2 aromatic heterocycles. The van der Waals surface area contributed by atoms with Crippen molar-refractivity contribution in [3.05, 3.63) is 42.4 Å². The Balaban J connectivity index is 1.37. The first-order chi connectivity index (χ1) is 16.5. The molecule has 1 aliphatic carbocycles. The molecule has 5 rings (SSSR count). The number of carbonyl (C=O) groups is 1. The number of benzene rings is 1. The van der Waals surface area contributed by atoms with Gasteiger partial charge in [-0.2, -0.15) is 0 Å². The second-order valence-corrected chi connectivity index (χ2v) is 9.56. The van der Waals surface area contributed by atoms with Gasteiger partial charge in [0.25, 0.3) is 0 Å². The van der Waals surface area contributed by atoms with Gasteiger partial charge in [0.15, 0.2) is 0 Å². The van der Waals surface area contributed by atoms with E-state index < -0.39 is 6.09 Å². The monoisotopic (exact) mass is 463 g/mol. The smallest absolute Gasteiger partial charge is 0.404 e. The summed E-state index contributed by atoms with van der Waals surface area (Å²) in [6, 6.07) is 8.97. The molecule has 0 bridgehead atoms. The molecule has 9 heteroatoms. The summed E-state index contributed by atoms with van der Waals surface area (Å²) in [5.41, 5.74) is 10.2. The average Bonchev–Trinajstić information content (AvgIpc) is 3.25. The van der Waals surface area contributed by atoms with Gasteiger partial charge in [-0.3, -0.25) is 4.90 Å². The molecule has 0 radical (unpaired) electrons. The van der Waals surface area contributed by atoms with Crippen molar-refractivity contribution in [2.24, 2.45) is 0 Å². The zero-order valence-electron chi connectivity index (χ0n) is 19.7. The second-order valence-electron chi connectivity index (χ2n) is 9.56. The predicted octanol–water partition coefficient (Wildman–Crippen LogP) is 3.18. The number of nitrogens with one attached hydrogen (secondary N) is 1. The molecule has 3 heterocycles. The lowest BCUT2D eigenvalue weighted by Crippen LogP contribution is -2.49. The summed E-state index contributed by atoms with van der Waals surface area (Å²) in [5.74, 6) is 0.487. The molecule has 1 saturated carbocycles. The van der Waals surface area contributed by atoms with Crippen LogP contribution in [0.5, 0.6) is 0 Å².